The Kier molecular flexibility index (Phi) is 6.73. The van der Waals surface area contributed by atoms with Gasteiger partial charge in [0.2, 0.25) is 0 Å². The third-order valence-electron chi connectivity index (χ3n) is 10.5. The van der Waals surface area contributed by atoms with E-state index >= 15 is 0 Å². The van der Waals surface area contributed by atoms with Gasteiger partial charge in [0, 0.05) is 42.2 Å². The standard InChI is InChI=1S/C49H29N3S/c1-3-15-34-30(11-1)13-7-18-36(34)37-19-9-21-39-38(37)20-10-22-42(39)48-50-47(33-27-28-41-40-17-5-6-24-44(40)53-45(41)29-33)51-49(52-48)43-23-8-14-32-26-25-31-12-2-4-16-35(31)46(32)43/h1-29H. The predicted molar refractivity (Wildman–Crippen MR) is 224 cm³/mol. The number of fused-ring (bicyclic) bond motifs is 8. The molecule has 0 amide bonds. The zero-order chi connectivity index (χ0) is 34.9. The smallest absolute Gasteiger partial charge is 0.164 e. The van der Waals surface area contributed by atoms with Crippen molar-refractivity contribution >= 4 is 74.6 Å². The molecule has 0 spiro atoms. The van der Waals surface area contributed by atoms with E-state index < -0.39 is 0 Å². The zero-order valence-electron chi connectivity index (χ0n) is 28.5. The quantitative estimate of drug-likeness (QED) is 0.172. The van der Waals surface area contributed by atoms with Gasteiger partial charge in [-0.25, -0.2) is 15.0 Å². The number of nitrogens with zero attached hydrogens (tertiary/aromatic N) is 3. The molecule has 246 valence electrons. The Morgan fingerprint density at radius 2 is 0.811 bits per heavy atom. The van der Waals surface area contributed by atoms with E-state index in [4.69, 9.17) is 15.0 Å². The second-order valence-corrected chi connectivity index (χ2v) is 14.6. The maximum absolute atomic E-state index is 5.34. The van der Waals surface area contributed by atoms with E-state index in [9.17, 15) is 0 Å². The van der Waals surface area contributed by atoms with E-state index in [2.05, 4.69) is 176 Å². The average Bonchev–Trinajstić information content (AvgIpc) is 3.60. The first kappa shape index (κ1) is 29.9. The molecular formula is C49H29N3S. The van der Waals surface area contributed by atoms with Crippen LogP contribution in [0.25, 0.3) is 109 Å². The Balaban J connectivity index is 1.18. The lowest BCUT2D eigenvalue weighted by Gasteiger charge is -2.14. The summed E-state index contributed by atoms with van der Waals surface area (Å²) >= 11 is 1.81. The first-order chi connectivity index (χ1) is 26.3. The fourth-order valence-corrected chi connectivity index (χ4v) is 9.20. The lowest BCUT2D eigenvalue weighted by molar-refractivity contribution is 1.08. The summed E-state index contributed by atoms with van der Waals surface area (Å²) in [6, 6.07) is 62.8. The molecule has 0 atom stereocenters. The molecule has 0 radical (unpaired) electrons. The minimum Gasteiger partial charge on any atom is -0.208 e. The van der Waals surface area contributed by atoms with Crippen molar-refractivity contribution in [2.75, 3.05) is 0 Å². The summed E-state index contributed by atoms with van der Waals surface area (Å²) in [5, 5.41) is 11.9. The van der Waals surface area contributed by atoms with E-state index in [1.165, 1.54) is 52.8 Å². The van der Waals surface area contributed by atoms with Crippen LogP contribution in [0.3, 0.4) is 0 Å². The third kappa shape index (κ3) is 4.84. The Bertz CT molecular complexity index is 3250. The maximum Gasteiger partial charge on any atom is 0.164 e. The summed E-state index contributed by atoms with van der Waals surface area (Å²) in [6.07, 6.45) is 0. The fourth-order valence-electron chi connectivity index (χ4n) is 8.06. The minimum absolute atomic E-state index is 0.652. The number of thiophene rings is 1. The van der Waals surface area contributed by atoms with Crippen LogP contribution in [-0.4, -0.2) is 15.0 Å². The van der Waals surface area contributed by atoms with Crippen LogP contribution >= 0.6 is 11.3 Å². The van der Waals surface area contributed by atoms with Crippen LogP contribution in [0.15, 0.2) is 176 Å². The second kappa shape index (κ2) is 11.9. The molecule has 0 unspecified atom stereocenters. The highest BCUT2D eigenvalue weighted by Crippen LogP contribution is 2.40. The molecule has 0 saturated heterocycles. The molecule has 2 heterocycles. The fraction of sp³-hybridized carbons (Fsp3) is 0. The monoisotopic (exact) mass is 691 g/mol. The first-order valence-electron chi connectivity index (χ1n) is 17.9. The Labute approximate surface area is 309 Å². The van der Waals surface area contributed by atoms with Crippen LogP contribution in [0.1, 0.15) is 0 Å². The molecule has 11 rings (SSSR count). The molecule has 53 heavy (non-hydrogen) atoms. The molecule has 3 nitrogen and oxygen atoms in total. The van der Waals surface area contributed by atoms with Crippen molar-refractivity contribution in [1.29, 1.82) is 0 Å². The summed E-state index contributed by atoms with van der Waals surface area (Å²) in [6.45, 7) is 0. The van der Waals surface area contributed by atoms with Gasteiger partial charge in [0.05, 0.1) is 0 Å². The maximum atomic E-state index is 5.34. The first-order valence-corrected chi connectivity index (χ1v) is 18.7. The number of benzene rings is 9. The Hall–Kier alpha value is -6.75. The Morgan fingerprint density at radius 3 is 1.64 bits per heavy atom. The number of rotatable bonds is 4. The van der Waals surface area contributed by atoms with Crippen LogP contribution in [0.4, 0.5) is 0 Å². The molecule has 0 bridgehead atoms. The summed E-state index contributed by atoms with van der Waals surface area (Å²) in [5.74, 6) is 1.97. The molecule has 4 heteroatoms. The van der Waals surface area contributed by atoms with Crippen molar-refractivity contribution in [2.45, 2.75) is 0 Å². The van der Waals surface area contributed by atoms with Gasteiger partial charge < -0.3 is 0 Å². The number of hydrogen-bond acceptors (Lipinski definition) is 4. The van der Waals surface area contributed by atoms with Crippen molar-refractivity contribution in [3.8, 4) is 45.3 Å². The van der Waals surface area contributed by atoms with Gasteiger partial charge in [-0.05, 0) is 61.0 Å². The number of aromatic nitrogens is 3. The van der Waals surface area contributed by atoms with E-state index in [0.29, 0.717) is 17.5 Å². The summed E-state index contributed by atoms with van der Waals surface area (Å²) in [7, 11) is 0. The second-order valence-electron chi connectivity index (χ2n) is 13.5. The molecule has 0 aliphatic carbocycles. The van der Waals surface area contributed by atoms with Crippen molar-refractivity contribution in [3.63, 3.8) is 0 Å². The average molecular weight is 692 g/mol. The van der Waals surface area contributed by atoms with Crippen LogP contribution < -0.4 is 0 Å². The molecule has 0 fully saturated rings. The van der Waals surface area contributed by atoms with Crippen molar-refractivity contribution in [3.05, 3.63) is 176 Å². The topological polar surface area (TPSA) is 38.7 Å². The molecule has 0 saturated carbocycles. The van der Waals surface area contributed by atoms with E-state index in [1.807, 2.05) is 0 Å². The SMILES string of the molecule is c1ccc2c(-c3cccc4c(-c5nc(-c6ccc7c(c6)sc6ccccc67)nc(-c6cccc7ccc8ccccc8c67)n5)cccc34)cccc2c1. The van der Waals surface area contributed by atoms with Gasteiger partial charge >= 0.3 is 0 Å². The van der Waals surface area contributed by atoms with Crippen molar-refractivity contribution in [1.82, 2.24) is 15.0 Å². The van der Waals surface area contributed by atoms with E-state index in [1.54, 1.807) is 11.3 Å². The highest BCUT2D eigenvalue weighted by atomic mass is 32.1. The largest absolute Gasteiger partial charge is 0.208 e. The van der Waals surface area contributed by atoms with Crippen LogP contribution in [0.5, 0.6) is 0 Å². The highest BCUT2D eigenvalue weighted by molar-refractivity contribution is 7.25. The van der Waals surface area contributed by atoms with Gasteiger partial charge in [-0.2, -0.15) is 0 Å². The molecule has 0 aliphatic rings. The molecule has 2 aromatic heterocycles. The lowest BCUT2D eigenvalue weighted by Crippen LogP contribution is -2.01. The summed E-state index contributed by atoms with van der Waals surface area (Å²) in [4.78, 5) is 15.9. The van der Waals surface area contributed by atoms with Gasteiger partial charge in [-0.3, -0.25) is 0 Å². The van der Waals surface area contributed by atoms with E-state index in [0.717, 1.165) is 38.2 Å². The number of hydrogen-bond donors (Lipinski definition) is 0. The minimum atomic E-state index is 0.652. The molecular weight excluding hydrogens is 663 g/mol. The van der Waals surface area contributed by atoms with Gasteiger partial charge in [0.15, 0.2) is 17.5 Å². The normalized spacial score (nSPS) is 11.8. The zero-order valence-corrected chi connectivity index (χ0v) is 29.3. The predicted octanol–water partition coefficient (Wildman–Crippen LogP) is 13.5. The Morgan fingerprint density at radius 1 is 0.302 bits per heavy atom. The molecule has 0 aliphatic heterocycles. The van der Waals surface area contributed by atoms with Crippen LogP contribution in [-0.2, 0) is 0 Å². The van der Waals surface area contributed by atoms with Gasteiger partial charge in [-0.15, -0.1) is 11.3 Å². The van der Waals surface area contributed by atoms with Gasteiger partial charge in [0.25, 0.3) is 0 Å². The molecule has 9 aromatic carbocycles. The van der Waals surface area contributed by atoms with Crippen molar-refractivity contribution < 1.29 is 0 Å². The van der Waals surface area contributed by atoms with E-state index in [-0.39, 0.29) is 0 Å². The van der Waals surface area contributed by atoms with Crippen LogP contribution in [0, 0.1) is 0 Å². The summed E-state index contributed by atoms with van der Waals surface area (Å²) < 4.78 is 2.49. The van der Waals surface area contributed by atoms with Crippen molar-refractivity contribution in [2.24, 2.45) is 0 Å². The highest BCUT2D eigenvalue weighted by Gasteiger charge is 2.19. The third-order valence-corrected chi connectivity index (χ3v) is 11.7. The molecule has 0 N–H and O–H groups in total. The summed E-state index contributed by atoms with van der Waals surface area (Å²) in [5.41, 5.74) is 5.33. The van der Waals surface area contributed by atoms with Crippen LogP contribution in [0.2, 0.25) is 0 Å². The van der Waals surface area contributed by atoms with Gasteiger partial charge in [-0.1, -0.05) is 164 Å². The lowest BCUT2D eigenvalue weighted by atomic mass is 9.92. The molecule has 11 aromatic rings. The van der Waals surface area contributed by atoms with Gasteiger partial charge in [0.1, 0.15) is 0 Å².